The van der Waals surface area contributed by atoms with Crippen LogP contribution in [-0.2, 0) is 13.1 Å². The largest absolute Gasteiger partial charge is 0.478 e. The lowest BCUT2D eigenvalue weighted by atomic mass is 10.0. The highest BCUT2D eigenvalue weighted by molar-refractivity contribution is 7.10. The quantitative estimate of drug-likeness (QED) is 0.644. The van der Waals surface area contributed by atoms with E-state index in [2.05, 4.69) is 9.88 Å². The number of carbonyl (C=O) groups is 1. The Hall–Kier alpha value is -2.96. The average Bonchev–Trinajstić information content (AvgIpc) is 3.32. The van der Waals surface area contributed by atoms with E-state index in [0.29, 0.717) is 36.9 Å². The van der Waals surface area contributed by atoms with Crippen molar-refractivity contribution in [2.75, 3.05) is 6.73 Å². The van der Waals surface area contributed by atoms with Gasteiger partial charge in [-0.25, -0.2) is 0 Å². The summed E-state index contributed by atoms with van der Waals surface area (Å²) in [6.07, 6.45) is 3.59. The summed E-state index contributed by atoms with van der Waals surface area (Å²) >= 11 is 1.57. The third-order valence-electron chi connectivity index (χ3n) is 4.61. The highest BCUT2D eigenvalue weighted by Crippen LogP contribution is 2.42. The molecule has 0 aliphatic carbocycles. The number of carbonyl (C=O) groups excluding carboxylic acids is 1. The van der Waals surface area contributed by atoms with E-state index in [1.807, 2.05) is 41.8 Å². The molecule has 5 nitrogen and oxygen atoms in total. The molecule has 0 unspecified atom stereocenters. The number of ether oxygens (including phenoxy) is 2. The maximum absolute atomic E-state index is 12.7. The summed E-state index contributed by atoms with van der Waals surface area (Å²) in [5.41, 5.74) is 2.49. The van der Waals surface area contributed by atoms with Crippen molar-refractivity contribution in [3.63, 3.8) is 0 Å². The predicted octanol–water partition coefficient (Wildman–Crippen LogP) is 4.11. The molecule has 6 heteroatoms. The van der Waals surface area contributed by atoms with Gasteiger partial charge in [0.05, 0.1) is 16.8 Å². The van der Waals surface area contributed by atoms with Crippen LogP contribution in [0.1, 0.15) is 26.5 Å². The average molecular weight is 376 g/mol. The summed E-state index contributed by atoms with van der Waals surface area (Å²) in [4.78, 5) is 20.2. The Bertz CT molecular complexity index is 1030. The first kappa shape index (κ1) is 16.2. The summed E-state index contributed by atoms with van der Waals surface area (Å²) < 4.78 is 11.9. The minimum Gasteiger partial charge on any atom is -0.478 e. The number of rotatable bonds is 3. The Morgan fingerprint density at radius 1 is 1.19 bits per heavy atom. The lowest BCUT2D eigenvalue weighted by Gasteiger charge is -2.29. The topological polar surface area (TPSA) is 51.7 Å². The van der Waals surface area contributed by atoms with Crippen LogP contribution in [0.4, 0.5) is 0 Å². The van der Waals surface area contributed by atoms with Crippen molar-refractivity contribution in [2.24, 2.45) is 0 Å². The lowest BCUT2D eigenvalue weighted by molar-refractivity contribution is 0.0861. The number of hydrogen-bond donors (Lipinski definition) is 0. The maximum Gasteiger partial charge on any atom is 0.232 e. The zero-order chi connectivity index (χ0) is 18.2. The smallest absolute Gasteiger partial charge is 0.232 e. The molecule has 1 aromatic carbocycles. The lowest BCUT2D eigenvalue weighted by Crippen LogP contribution is -2.32. The molecular weight excluding hydrogens is 360 g/mol. The van der Waals surface area contributed by atoms with E-state index in [-0.39, 0.29) is 5.78 Å². The molecule has 3 aromatic rings. The van der Waals surface area contributed by atoms with Crippen LogP contribution in [0.5, 0.6) is 11.5 Å². The van der Waals surface area contributed by atoms with Crippen molar-refractivity contribution in [3.05, 3.63) is 81.5 Å². The summed E-state index contributed by atoms with van der Waals surface area (Å²) in [6, 6.07) is 13.4. The van der Waals surface area contributed by atoms with Crippen LogP contribution in [0, 0.1) is 0 Å². The monoisotopic (exact) mass is 376 g/mol. The van der Waals surface area contributed by atoms with Crippen molar-refractivity contribution in [1.29, 1.82) is 0 Å². The Morgan fingerprint density at radius 3 is 2.96 bits per heavy atom. The normalized spacial score (nSPS) is 17.3. The highest BCUT2D eigenvalue weighted by Gasteiger charge is 2.33. The molecule has 0 fully saturated rings. The molecule has 0 N–H and O–H groups in total. The molecule has 2 aromatic heterocycles. The standard InChI is InChI=1S/C21H16N2O3S/c24-20-16-6-7-18-17(21(16)26-19(20)10-15-5-3-9-27-15)12-23(13-25-18)11-14-4-1-2-8-22-14/h1-10H,11-13H2. The molecule has 0 spiro atoms. The van der Waals surface area contributed by atoms with Gasteiger partial charge < -0.3 is 9.47 Å². The second-order valence-corrected chi connectivity index (χ2v) is 7.43. The minimum absolute atomic E-state index is 0.0805. The van der Waals surface area contributed by atoms with Crippen LogP contribution in [0.15, 0.2) is 59.8 Å². The number of ketones is 1. The summed E-state index contributed by atoms with van der Waals surface area (Å²) in [5.74, 6) is 1.67. The second-order valence-electron chi connectivity index (χ2n) is 6.46. The van der Waals surface area contributed by atoms with E-state index >= 15 is 0 Å². The number of thiophene rings is 1. The van der Waals surface area contributed by atoms with E-state index in [0.717, 1.165) is 21.9 Å². The van der Waals surface area contributed by atoms with Gasteiger partial charge in [-0.1, -0.05) is 12.1 Å². The van der Waals surface area contributed by atoms with Gasteiger partial charge >= 0.3 is 0 Å². The first-order valence-electron chi connectivity index (χ1n) is 8.66. The molecule has 4 heterocycles. The number of Topliss-reactive ketones (excluding diaryl/α,β-unsaturated/α-hetero) is 1. The molecule has 2 aliphatic heterocycles. The Labute approximate surface area is 160 Å². The number of pyridine rings is 1. The molecule has 2 aliphatic rings. The van der Waals surface area contributed by atoms with Crippen LogP contribution in [0.2, 0.25) is 0 Å². The van der Waals surface area contributed by atoms with Crippen molar-refractivity contribution in [2.45, 2.75) is 13.1 Å². The Kier molecular flexibility index (Phi) is 3.99. The molecule has 0 radical (unpaired) electrons. The minimum atomic E-state index is -0.0805. The molecule has 0 atom stereocenters. The number of allylic oxidation sites excluding steroid dienone is 1. The van der Waals surface area contributed by atoms with Crippen LogP contribution in [0.25, 0.3) is 6.08 Å². The molecule has 134 valence electrons. The second kappa shape index (κ2) is 6.64. The molecule has 0 amide bonds. The molecular formula is C21H16N2O3S. The maximum atomic E-state index is 12.7. The first-order chi connectivity index (χ1) is 13.3. The van der Waals surface area contributed by atoms with Gasteiger partial charge in [0.2, 0.25) is 5.78 Å². The predicted molar refractivity (Wildman–Crippen MR) is 103 cm³/mol. The number of nitrogens with zero attached hydrogens (tertiary/aromatic N) is 2. The fraction of sp³-hybridized carbons (Fsp3) is 0.143. The SMILES string of the molecule is O=C1C(=Cc2cccs2)Oc2c1ccc1c2CN(Cc2ccccn2)CO1. The number of hydrogen-bond acceptors (Lipinski definition) is 6. The van der Waals surface area contributed by atoms with E-state index in [1.54, 1.807) is 29.7 Å². The fourth-order valence-corrected chi connectivity index (χ4v) is 3.98. The Balaban J connectivity index is 1.44. The van der Waals surface area contributed by atoms with Gasteiger partial charge in [0, 0.05) is 30.2 Å². The summed E-state index contributed by atoms with van der Waals surface area (Å²) in [6.45, 7) is 1.80. The van der Waals surface area contributed by atoms with Crippen molar-refractivity contribution >= 4 is 23.2 Å². The number of aromatic nitrogens is 1. The van der Waals surface area contributed by atoms with Gasteiger partial charge in [-0.15, -0.1) is 11.3 Å². The molecule has 0 bridgehead atoms. The van der Waals surface area contributed by atoms with Crippen LogP contribution < -0.4 is 9.47 Å². The van der Waals surface area contributed by atoms with Gasteiger partial charge in [0.25, 0.3) is 0 Å². The van der Waals surface area contributed by atoms with Crippen LogP contribution in [0.3, 0.4) is 0 Å². The fourth-order valence-electron chi connectivity index (χ4n) is 3.33. The number of fused-ring (bicyclic) bond motifs is 3. The van der Waals surface area contributed by atoms with Crippen molar-refractivity contribution < 1.29 is 14.3 Å². The Morgan fingerprint density at radius 2 is 2.15 bits per heavy atom. The van der Waals surface area contributed by atoms with Gasteiger partial charge in [0.15, 0.2) is 5.76 Å². The first-order valence-corrected chi connectivity index (χ1v) is 9.54. The van der Waals surface area contributed by atoms with E-state index in [1.165, 1.54) is 0 Å². The van der Waals surface area contributed by atoms with Crippen LogP contribution >= 0.6 is 11.3 Å². The number of benzene rings is 1. The van der Waals surface area contributed by atoms with E-state index in [4.69, 9.17) is 9.47 Å². The van der Waals surface area contributed by atoms with Crippen LogP contribution in [-0.4, -0.2) is 22.4 Å². The zero-order valence-electron chi connectivity index (χ0n) is 14.4. The van der Waals surface area contributed by atoms with Gasteiger partial charge in [-0.3, -0.25) is 14.7 Å². The highest BCUT2D eigenvalue weighted by atomic mass is 32.1. The van der Waals surface area contributed by atoms with Crippen molar-refractivity contribution in [3.8, 4) is 11.5 Å². The van der Waals surface area contributed by atoms with Crippen molar-refractivity contribution in [1.82, 2.24) is 9.88 Å². The van der Waals surface area contributed by atoms with E-state index in [9.17, 15) is 4.79 Å². The molecule has 0 saturated heterocycles. The molecule has 0 saturated carbocycles. The van der Waals surface area contributed by atoms with Gasteiger partial charge in [0.1, 0.15) is 18.2 Å². The molecule has 5 rings (SSSR count). The van der Waals surface area contributed by atoms with E-state index < -0.39 is 0 Å². The third-order valence-corrected chi connectivity index (χ3v) is 5.43. The summed E-state index contributed by atoms with van der Waals surface area (Å²) in [7, 11) is 0. The summed E-state index contributed by atoms with van der Waals surface area (Å²) in [5, 5.41) is 1.98. The third kappa shape index (κ3) is 3.03. The van der Waals surface area contributed by atoms with Gasteiger partial charge in [-0.2, -0.15) is 0 Å². The van der Waals surface area contributed by atoms with Gasteiger partial charge in [-0.05, 0) is 35.7 Å². The zero-order valence-corrected chi connectivity index (χ0v) is 15.2. The molecule has 27 heavy (non-hydrogen) atoms.